The number of carbonyl (C=O) groups excluding carboxylic acids is 2. The molecule has 33 heavy (non-hydrogen) atoms. The van der Waals surface area contributed by atoms with Crippen molar-refractivity contribution < 1.29 is 23.8 Å². The molecule has 0 unspecified atom stereocenters. The minimum atomic E-state index is -0.432. The average molecular weight is 476 g/mol. The number of aromatic nitrogens is 2. The molecule has 4 rings (SSSR count). The van der Waals surface area contributed by atoms with Crippen LogP contribution in [0.1, 0.15) is 58.3 Å². The number of nitrogens with zero attached hydrogens (tertiary/aromatic N) is 2. The fraction of sp³-hybridized carbons (Fsp3) is 0.542. The maximum absolute atomic E-state index is 12.9. The van der Waals surface area contributed by atoms with Gasteiger partial charge < -0.3 is 19.5 Å². The number of benzene rings is 1. The van der Waals surface area contributed by atoms with E-state index in [4.69, 9.17) is 30.9 Å². The van der Waals surface area contributed by atoms with E-state index in [0.717, 1.165) is 30.5 Å². The summed E-state index contributed by atoms with van der Waals surface area (Å²) in [7, 11) is 1.52. The predicted octanol–water partition coefficient (Wildman–Crippen LogP) is 3.44. The molecular formula is C24H30ClN3O5. The third-order valence-electron chi connectivity index (χ3n) is 6.56. The zero-order valence-corrected chi connectivity index (χ0v) is 19.9. The van der Waals surface area contributed by atoms with E-state index in [2.05, 4.69) is 5.32 Å². The van der Waals surface area contributed by atoms with Crippen molar-refractivity contribution in [2.24, 2.45) is 5.41 Å². The number of halogens is 1. The van der Waals surface area contributed by atoms with Gasteiger partial charge >= 0.3 is 5.97 Å². The van der Waals surface area contributed by atoms with Crippen LogP contribution in [-0.2, 0) is 28.9 Å². The van der Waals surface area contributed by atoms with E-state index in [-0.39, 0.29) is 17.9 Å². The summed E-state index contributed by atoms with van der Waals surface area (Å²) in [5, 5.41) is 8.22. The maximum atomic E-state index is 12.9. The van der Waals surface area contributed by atoms with Crippen LogP contribution in [0.2, 0.25) is 5.02 Å². The molecule has 3 heterocycles. The normalized spacial score (nSPS) is 17.2. The van der Waals surface area contributed by atoms with E-state index >= 15 is 0 Å². The Balaban J connectivity index is 1.43. The smallest absolute Gasteiger partial charge is 0.338 e. The van der Waals surface area contributed by atoms with Crippen molar-refractivity contribution in [3.8, 4) is 5.75 Å². The number of ether oxygens (including phenoxy) is 3. The van der Waals surface area contributed by atoms with Crippen LogP contribution in [-0.4, -0.2) is 55.1 Å². The molecule has 0 atom stereocenters. The van der Waals surface area contributed by atoms with Gasteiger partial charge in [0.2, 0.25) is 0 Å². The minimum absolute atomic E-state index is 0.00954. The summed E-state index contributed by atoms with van der Waals surface area (Å²) in [6.07, 6.45) is 3.90. The molecule has 1 aromatic heterocycles. The molecule has 1 amide bonds. The van der Waals surface area contributed by atoms with Gasteiger partial charge in [-0.15, -0.1) is 0 Å². The van der Waals surface area contributed by atoms with Gasteiger partial charge in [0.15, 0.2) is 0 Å². The second-order valence-electron chi connectivity index (χ2n) is 8.65. The van der Waals surface area contributed by atoms with Gasteiger partial charge in [-0.3, -0.25) is 9.48 Å². The molecule has 2 aromatic rings. The first kappa shape index (κ1) is 23.6. The Labute approximate surface area is 198 Å². The summed E-state index contributed by atoms with van der Waals surface area (Å²) in [5.74, 6) is 0.0153. The largest absolute Gasteiger partial charge is 0.495 e. The van der Waals surface area contributed by atoms with Crippen molar-refractivity contribution in [2.45, 2.75) is 45.6 Å². The first-order valence-corrected chi connectivity index (χ1v) is 11.8. The summed E-state index contributed by atoms with van der Waals surface area (Å²) < 4.78 is 17.9. The highest BCUT2D eigenvalue weighted by Crippen LogP contribution is 2.37. The number of carbonyl (C=O) groups is 2. The van der Waals surface area contributed by atoms with E-state index in [1.807, 2.05) is 6.92 Å². The quantitative estimate of drug-likeness (QED) is 0.487. The van der Waals surface area contributed by atoms with Crippen molar-refractivity contribution in [3.63, 3.8) is 0 Å². The Morgan fingerprint density at radius 2 is 2.12 bits per heavy atom. The number of methoxy groups -OCH3 is 1. The van der Waals surface area contributed by atoms with Gasteiger partial charge in [-0.05, 0) is 62.6 Å². The molecule has 8 nitrogen and oxygen atoms in total. The van der Waals surface area contributed by atoms with Gasteiger partial charge in [0, 0.05) is 31.9 Å². The molecule has 1 aromatic carbocycles. The maximum Gasteiger partial charge on any atom is 0.338 e. The number of fused-ring (bicyclic) bond motifs is 1. The van der Waals surface area contributed by atoms with Crippen molar-refractivity contribution in [3.05, 3.63) is 45.7 Å². The molecule has 178 valence electrons. The Morgan fingerprint density at radius 1 is 1.33 bits per heavy atom. The Morgan fingerprint density at radius 3 is 2.82 bits per heavy atom. The molecule has 2 aliphatic heterocycles. The Kier molecular flexibility index (Phi) is 7.24. The van der Waals surface area contributed by atoms with Crippen LogP contribution in [0.5, 0.6) is 5.75 Å². The van der Waals surface area contributed by atoms with E-state index in [9.17, 15) is 9.59 Å². The molecule has 0 bridgehead atoms. The molecule has 9 heteroatoms. The molecular weight excluding hydrogens is 446 g/mol. The SMILES string of the molecule is CCn1nc(CCCOC(=O)c2ccc(OC)c(Cl)c2)c2c1C(=O)NCC1(CCOCC1)C2. The lowest BCUT2D eigenvalue weighted by Gasteiger charge is -2.36. The van der Waals surface area contributed by atoms with E-state index in [1.54, 1.807) is 16.8 Å². The Hall–Kier alpha value is -2.58. The van der Waals surface area contributed by atoms with Gasteiger partial charge in [0.25, 0.3) is 5.91 Å². The lowest BCUT2D eigenvalue weighted by atomic mass is 9.75. The highest BCUT2D eigenvalue weighted by atomic mass is 35.5. The summed E-state index contributed by atoms with van der Waals surface area (Å²) in [6, 6.07) is 4.81. The fourth-order valence-corrected chi connectivity index (χ4v) is 4.90. The van der Waals surface area contributed by atoms with Crippen LogP contribution in [0, 0.1) is 5.41 Å². The van der Waals surface area contributed by atoms with E-state index in [1.165, 1.54) is 13.2 Å². The molecule has 1 fully saturated rings. The molecule has 0 radical (unpaired) electrons. The standard InChI is InChI=1S/C24H30ClN3O5/c1-3-28-21-17(14-24(15-26-22(21)29)8-11-32-12-9-24)19(27-28)5-4-10-33-23(30)16-6-7-20(31-2)18(25)13-16/h6-7,13H,3-5,8-12,14-15H2,1-2H3,(H,26,29). The van der Waals surface area contributed by atoms with Crippen LogP contribution < -0.4 is 10.1 Å². The van der Waals surface area contributed by atoms with Crippen LogP contribution in [0.25, 0.3) is 0 Å². The van der Waals surface area contributed by atoms with Crippen LogP contribution in [0.3, 0.4) is 0 Å². The molecule has 2 aliphatic rings. The first-order chi connectivity index (χ1) is 16.0. The van der Waals surface area contributed by atoms with Crippen molar-refractivity contribution in [1.82, 2.24) is 15.1 Å². The minimum Gasteiger partial charge on any atom is -0.495 e. The fourth-order valence-electron chi connectivity index (χ4n) is 4.65. The number of rotatable bonds is 7. The third kappa shape index (κ3) is 5.01. The zero-order chi connectivity index (χ0) is 23.4. The summed E-state index contributed by atoms with van der Waals surface area (Å²) in [4.78, 5) is 25.3. The number of nitrogens with one attached hydrogen (secondary N) is 1. The lowest BCUT2D eigenvalue weighted by molar-refractivity contribution is 0.0160. The van der Waals surface area contributed by atoms with Gasteiger partial charge in [0.1, 0.15) is 11.4 Å². The van der Waals surface area contributed by atoms with Gasteiger partial charge in [-0.2, -0.15) is 5.10 Å². The zero-order valence-electron chi connectivity index (χ0n) is 19.1. The second-order valence-corrected chi connectivity index (χ2v) is 9.06. The topological polar surface area (TPSA) is 91.7 Å². The van der Waals surface area contributed by atoms with Crippen molar-refractivity contribution in [1.29, 1.82) is 0 Å². The number of hydrogen-bond donors (Lipinski definition) is 1. The van der Waals surface area contributed by atoms with Crippen LogP contribution >= 0.6 is 11.6 Å². The summed E-state index contributed by atoms with van der Waals surface area (Å²) in [5.41, 5.74) is 3.00. The summed E-state index contributed by atoms with van der Waals surface area (Å²) in [6.45, 7) is 4.96. The van der Waals surface area contributed by atoms with Crippen LogP contribution in [0.15, 0.2) is 18.2 Å². The molecule has 0 saturated carbocycles. The molecule has 1 saturated heterocycles. The lowest BCUT2D eigenvalue weighted by Crippen LogP contribution is -2.40. The third-order valence-corrected chi connectivity index (χ3v) is 6.85. The molecule has 1 N–H and O–H groups in total. The number of aryl methyl sites for hydroxylation is 2. The number of amides is 1. The average Bonchev–Trinajstić information content (AvgIpc) is 3.10. The molecule has 0 aliphatic carbocycles. The van der Waals surface area contributed by atoms with Crippen LogP contribution in [0.4, 0.5) is 0 Å². The highest BCUT2D eigenvalue weighted by Gasteiger charge is 2.39. The van der Waals surface area contributed by atoms with Gasteiger partial charge in [0.05, 0.1) is 30.0 Å². The summed E-state index contributed by atoms with van der Waals surface area (Å²) >= 11 is 6.10. The monoisotopic (exact) mass is 475 g/mol. The predicted molar refractivity (Wildman–Crippen MR) is 123 cm³/mol. The van der Waals surface area contributed by atoms with Gasteiger partial charge in [-0.25, -0.2) is 4.79 Å². The molecule has 1 spiro atoms. The van der Waals surface area contributed by atoms with E-state index < -0.39 is 5.97 Å². The van der Waals surface area contributed by atoms with E-state index in [0.29, 0.717) is 61.2 Å². The van der Waals surface area contributed by atoms with Gasteiger partial charge in [-0.1, -0.05) is 11.6 Å². The number of esters is 1. The number of hydrogen-bond acceptors (Lipinski definition) is 6. The second kappa shape index (κ2) is 10.1. The highest BCUT2D eigenvalue weighted by molar-refractivity contribution is 6.32. The van der Waals surface area contributed by atoms with Crippen molar-refractivity contribution >= 4 is 23.5 Å². The Bertz CT molecular complexity index is 1030. The first-order valence-electron chi connectivity index (χ1n) is 11.4. The van der Waals surface area contributed by atoms with Crippen molar-refractivity contribution in [2.75, 3.05) is 33.5 Å².